The zero-order valence-electron chi connectivity index (χ0n) is 27.9. The maximum absolute atomic E-state index is 14.3. The van der Waals surface area contributed by atoms with Crippen LogP contribution in [0.3, 0.4) is 0 Å². The second kappa shape index (κ2) is 15.7. The Balaban J connectivity index is 1.43. The number of amides is 2. The van der Waals surface area contributed by atoms with E-state index in [4.69, 9.17) is 23.8 Å². The minimum absolute atomic E-state index is 0.0108. The van der Waals surface area contributed by atoms with Crippen molar-refractivity contribution in [3.05, 3.63) is 63.1 Å². The summed E-state index contributed by atoms with van der Waals surface area (Å²) < 4.78 is 50.5. The summed E-state index contributed by atoms with van der Waals surface area (Å²) in [6.45, 7) is 3.19. The highest BCUT2D eigenvalue weighted by Crippen LogP contribution is 2.46. The van der Waals surface area contributed by atoms with Crippen molar-refractivity contribution in [1.82, 2.24) is 14.8 Å². The van der Waals surface area contributed by atoms with Gasteiger partial charge in [0, 0.05) is 37.0 Å². The van der Waals surface area contributed by atoms with Crippen molar-refractivity contribution in [3.8, 4) is 5.75 Å². The predicted molar refractivity (Wildman–Crippen MR) is 171 cm³/mol. The fraction of sp³-hybridized carbons (Fsp3) is 0.559. The molecule has 49 heavy (non-hydrogen) atoms. The molecule has 2 bridgehead atoms. The number of methoxy groups -OCH3 is 1. The molecule has 1 saturated heterocycles. The van der Waals surface area contributed by atoms with E-state index in [1.165, 1.54) is 23.9 Å². The van der Waals surface area contributed by atoms with Crippen molar-refractivity contribution in [2.75, 3.05) is 27.1 Å². The summed E-state index contributed by atoms with van der Waals surface area (Å²) in [5.41, 5.74) is -2.54. The molecular formula is C34H42F2N4O9. The second-order valence-electron chi connectivity index (χ2n) is 12.5. The number of carbonyl (C=O) groups excluding carboxylic acids is 3. The van der Waals surface area contributed by atoms with E-state index in [1.807, 2.05) is 6.92 Å². The zero-order valence-corrected chi connectivity index (χ0v) is 27.9. The third-order valence-electron chi connectivity index (χ3n) is 9.30. The Labute approximate surface area is 282 Å². The number of nitrogens with zero attached hydrogens (tertiary/aromatic N) is 3. The molecule has 3 aliphatic rings. The molecule has 1 spiro atoms. The molecular weight excluding hydrogens is 646 g/mol. The van der Waals surface area contributed by atoms with E-state index in [-0.39, 0.29) is 43.4 Å². The van der Waals surface area contributed by atoms with E-state index >= 15 is 0 Å². The molecule has 3 atom stereocenters. The number of unbranched alkanes of at least 4 members (excludes halogenated alkanes) is 5. The number of fused-ring (bicyclic) bond motifs is 5. The monoisotopic (exact) mass is 688 g/mol. The van der Waals surface area contributed by atoms with Gasteiger partial charge in [0.1, 0.15) is 17.2 Å². The first-order chi connectivity index (χ1) is 23.6. The number of rotatable bonds is 13. The van der Waals surface area contributed by atoms with Crippen LogP contribution < -0.4 is 15.5 Å². The fourth-order valence-electron chi connectivity index (χ4n) is 6.46. The Morgan fingerprint density at radius 1 is 1.12 bits per heavy atom. The van der Waals surface area contributed by atoms with Crippen molar-refractivity contribution in [1.29, 1.82) is 0 Å². The molecule has 13 nitrogen and oxygen atoms in total. The molecule has 1 fully saturated rings. The van der Waals surface area contributed by atoms with Gasteiger partial charge in [0.15, 0.2) is 11.3 Å². The molecule has 0 aliphatic carbocycles. The minimum Gasteiger partial charge on any atom is -0.482 e. The van der Waals surface area contributed by atoms with E-state index in [1.54, 1.807) is 4.90 Å². The largest absolute Gasteiger partial charge is 0.511 e. The van der Waals surface area contributed by atoms with E-state index in [0.29, 0.717) is 31.2 Å². The van der Waals surface area contributed by atoms with E-state index in [2.05, 4.69) is 17.4 Å². The maximum Gasteiger partial charge on any atom is 0.511 e. The highest BCUT2D eigenvalue weighted by atomic mass is 19.1. The third-order valence-corrected chi connectivity index (χ3v) is 9.30. The molecule has 1 aromatic carbocycles. The van der Waals surface area contributed by atoms with E-state index in [0.717, 1.165) is 38.2 Å². The highest BCUT2D eigenvalue weighted by Gasteiger charge is 2.55. The molecule has 0 unspecified atom stereocenters. The number of aromatic nitrogens is 1. The molecule has 2 amide bonds. The highest BCUT2D eigenvalue weighted by molar-refractivity contribution is 5.99. The van der Waals surface area contributed by atoms with Crippen LogP contribution in [0.1, 0.15) is 104 Å². The van der Waals surface area contributed by atoms with Gasteiger partial charge in [-0.2, -0.15) is 0 Å². The van der Waals surface area contributed by atoms with Crippen LogP contribution in [0.25, 0.3) is 0 Å². The molecule has 1 aromatic heterocycles. The number of benzene rings is 1. The number of halogens is 2. The van der Waals surface area contributed by atoms with Crippen LogP contribution >= 0.6 is 0 Å². The van der Waals surface area contributed by atoms with Gasteiger partial charge in [0.25, 0.3) is 11.8 Å². The molecule has 1 N–H and O–H groups in total. The van der Waals surface area contributed by atoms with Gasteiger partial charge >= 0.3 is 6.16 Å². The van der Waals surface area contributed by atoms with Gasteiger partial charge < -0.3 is 38.6 Å². The summed E-state index contributed by atoms with van der Waals surface area (Å²) in [6.07, 6.45) is 7.50. The van der Waals surface area contributed by atoms with Crippen LogP contribution in [0.15, 0.2) is 34.3 Å². The van der Waals surface area contributed by atoms with Gasteiger partial charge in [-0.1, -0.05) is 50.2 Å². The summed E-state index contributed by atoms with van der Waals surface area (Å²) in [4.78, 5) is 61.3. The number of pyridine rings is 1. The number of hydrogen-bond acceptors (Lipinski definition) is 10. The molecule has 0 radical (unpaired) electrons. The van der Waals surface area contributed by atoms with Gasteiger partial charge in [-0.15, -0.1) is 0 Å². The van der Waals surface area contributed by atoms with Crippen molar-refractivity contribution in [3.63, 3.8) is 0 Å². The zero-order chi connectivity index (χ0) is 35.1. The summed E-state index contributed by atoms with van der Waals surface area (Å²) in [6, 6.07) is 2.01. The minimum atomic E-state index is -1.02. The van der Waals surface area contributed by atoms with E-state index < -0.39 is 64.8 Å². The molecule has 2 aromatic rings. The Morgan fingerprint density at radius 2 is 1.90 bits per heavy atom. The molecule has 15 heteroatoms. The average molecular weight is 689 g/mol. The number of nitrogens with one attached hydrogen (secondary N) is 1. The lowest BCUT2D eigenvalue weighted by Gasteiger charge is -2.42. The second-order valence-corrected chi connectivity index (χ2v) is 12.5. The van der Waals surface area contributed by atoms with Gasteiger partial charge in [-0.05, 0) is 32.3 Å². The molecule has 3 aliphatic heterocycles. The first-order valence-corrected chi connectivity index (χ1v) is 16.6. The third kappa shape index (κ3) is 7.81. The topological polar surface area (TPSA) is 147 Å². The molecule has 5 rings (SSSR count). The van der Waals surface area contributed by atoms with Crippen molar-refractivity contribution >= 4 is 23.9 Å². The Morgan fingerprint density at radius 3 is 2.63 bits per heavy atom. The summed E-state index contributed by atoms with van der Waals surface area (Å²) >= 11 is 0. The molecule has 0 saturated carbocycles. The standard InChI is InChI=1S/C34H42F2N4O9/c1-4-5-6-7-8-9-14-46-33(44)48-20-47-30-28-32(43)39-19-26(34(13-12-21(39)2)16-27(45-3)38-49-34)40(28)18-24(29(30)41)31(42)37-17-22-10-11-23(35)15-25(22)36/h10-11,15,18,21,26H,4-9,12-14,16-17,19-20H2,1-3H3,(H,37,42)/t21-,26+,34-/m0/s1. The SMILES string of the molecule is CCCCCCCCOC(=O)OCOc1c2n(cc(C(=O)NCc3ccc(F)cc3F)c1=O)[C@@H]1CN(C2=O)[C@@H](C)CC[C@]12CC(OC)=NO2. The van der Waals surface area contributed by atoms with Gasteiger partial charge in [-0.3, -0.25) is 14.4 Å². The normalized spacial score (nSPS) is 21.0. The Kier molecular flexibility index (Phi) is 11.4. The lowest BCUT2D eigenvalue weighted by Crippen LogP contribution is -2.52. The number of hydrogen-bond donors (Lipinski definition) is 1. The molecule has 4 heterocycles. The van der Waals surface area contributed by atoms with E-state index in [9.17, 15) is 28.0 Å². The summed E-state index contributed by atoms with van der Waals surface area (Å²) in [7, 11) is 1.47. The fourth-order valence-corrected chi connectivity index (χ4v) is 6.46. The lowest BCUT2D eigenvalue weighted by atomic mass is 9.85. The number of carbonyl (C=O) groups is 3. The Hall–Kier alpha value is -4.69. The summed E-state index contributed by atoms with van der Waals surface area (Å²) in [5, 5.41) is 6.59. The maximum atomic E-state index is 14.3. The number of oxime groups is 1. The van der Waals surface area contributed by atoms with Crippen LogP contribution in [0.4, 0.5) is 13.6 Å². The first-order valence-electron chi connectivity index (χ1n) is 16.6. The lowest BCUT2D eigenvalue weighted by molar-refractivity contribution is -0.0658. The predicted octanol–water partition coefficient (Wildman–Crippen LogP) is 5.20. The van der Waals surface area contributed by atoms with Gasteiger partial charge in [0.05, 0.1) is 26.2 Å². The van der Waals surface area contributed by atoms with Crippen LogP contribution in [0.2, 0.25) is 0 Å². The first kappa shape index (κ1) is 35.6. The molecule has 266 valence electrons. The Bertz CT molecular complexity index is 1650. The van der Waals surface area contributed by atoms with Crippen molar-refractivity contribution in [2.45, 2.75) is 95.9 Å². The van der Waals surface area contributed by atoms with Gasteiger partial charge in [0.2, 0.25) is 23.9 Å². The summed E-state index contributed by atoms with van der Waals surface area (Å²) in [5.74, 6) is -3.25. The van der Waals surface area contributed by atoms with Gasteiger partial charge in [-0.25, -0.2) is 13.6 Å². The van der Waals surface area contributed by atoms with Crippen LogP contribution in [0.5, 0.6) is 5.75 Å². The van der Waals surface area contributed by atoms with Crippen molar-refractivity contribution < 1.29 is 46.9 Å². The smallest absolute Gasteiger partial charge is 0.482 e. The van der Waals surface area contributed by atoms with Crippen LogP contribution in [-0.2, 0) is 25.6 Å². The number of ether oxygens (including phenoxy) is 4. The van der Waals surface area contributed by atoms with Crippen LogP contribution in [-0.4, -0.2) is 72.0 Å². The van der Waals surface area contributed by atoms with Crippen LogP contribution in [0, 0.1) is 11.6 Å². The van der Waals surface area contributed by atoms with Crippen molar-refractivity contribution in [2.24, 2.45) is 5.16 Å². The quantitative estimate of drug-likeness (QED) is 0.170. The average Bonchev–Trinajstić information content (AvgIpc) is 3.46.